The molecule has 1 amide bonds. The van der Waals surface area contributed by atoms with E-state index in [1.807, 2.05) is 67.4 Å². The molecule has 2 aromatic carbocycles. The molecule has 0 N–H and O–H groups in total. The summed E-state index contributed by atoms with van der Waals surface area (Å²) in [5, 5.41) is 8.96. The van der Waals surface area contributed by atoms with Gasteiger partial charge in [0.05, 0.1) is 32.8 Å². The molecule has 0 unspecified atom stereocenters. The van der Waals surface area contributed by atoms with Gasteiger partial charge in [-0.1, -0.05) is 18.2 Å². The predicted octanol–water partition coefficient (Wildman–Crippen LogP) is 3.47. The van der Waals surface area contributed by atoms with Crippen molar-refractivity contribution in [2.24, 2.45) is 0 Å². The van der Waals surface area contributed by atoms with Crippen LogP contribution in [-0.2, 0) is 11.3 Å². The Kier molecular flexibility index (Phi) is 8.32. The Hall–Kier alpha value is -3.04. The molecule has 0 fully saturated rings. The standard InChI is InChI=1S/C22H27N3O3/c1-4-28-20-12-10-19(11-13-20)25(15-7-14-23)22(26)17-24(2)16-18-8-5-6-9-21(18)27-3/h5-6,8-13H,4,7,15-17H2,1-3H3. The van der Waals surface area contributed by atoms with Crippen molar-refractivity contribution in [1.29, 1.82) is 5.26 Å². The minimum absolute atomic E-state index is 0.0585. The van der Waals surface area contributed by atoms with Crippen LogP contribution in [0.4, 0.5) is 5.69 Å². The summed E-state index contributed by atoms with van der Waals surface area (Å²) >= 11 is 0. The van der Waals surface area contributed by atoms with Gasteiger partial charge >= 0.3 is 0 Å². The van der Waals surface area contributed by atoms with Gasteiger partial charge in [0.2, 0.25) is 5.91 Å². The van der Waals surface area contributed by atoms with Crippen molar-refractivity contribution < 1.29 is 14.3 Å². The minimum Gasteiger partial charge on any atom is -0.496 e. The largest absolute Gasteiger partial charge is 0.496 e. The SMILES string of the molecule is CCOc1ccc(N(CCC#N)C(=O)CN(C)Cc2ccccc2OC)cc1. The lowest BCUT2D eigenvalue weighted by molar-refractivity contribution is -0.119. The summed E-state index contributed by atoms with van der Waals surface area (Å²) in [4.78, 5) is 16.5. The van der Waals surface area contributed by atoms with E-state index < -0.39 is 0 Å². The molecule has 0 aliphatic carbocycles. The molecule has 0 radical (unpaired) electrons. The van der Waals surface area contributed by atoms with Gasteiger partial charge < -0.3 is 14.4 Å². The van der Waals surface area contributed by atoms with Crippen molar-refractivity contribution in [3.63, 3.8) is 0 Å². The maximum Gasteiger partial charge on any atom is 0.241 e. The first kappa shape index (κ1) is 21.3. The van der Waals surface area contributed by atoms with E-state index in [2.05, 4.69) is 6.07 Å². The Bertz CT molecular complexity index is 799. The van der Waals surface area contributed by atoms with Crippen LogP contribution in [0.1, 0.15) is 18.9 Å². The monoisotopic (exact) mass is 381 g/mol. The van der Waals surface area contributed by atoms with Crippen LogP contribution in [0.3, 0.4) is 0 Å². The van der Waals surface area contributed by atoms with Crippen LogP contribution in [0.25, 0.3) is 0 Å². The lowest BCUT2D eigenvalue weighted by Crippen LogP contribution is -2.39. The second kappa shape index (κ2) is 11.0. The number of hydrogen-bond donors (Lipinski definition) is 0. The maximum atomic E-state index is 12.9. The molecule has 2 aromatic rings. The highest BCUT2D eigenvalue weighted by Gasteiger charge is 2.18. The topological polar surface area (TPSA) is 65.8 Å². The molecule has 2 rings (SSSR count). The van der Waals surface area contributed by atoms with Crippen LogP contribution in [-0.4, -0.2) is 44.7 Å². The van der Waals surface area contributed by atoms with Crippen LogP contribution in [0.5, 0.6) is 11.5 Å². The van der Waals surface area contributed by atoms with E-state index in [0.717, 1.165) is 22.7 Å². The number of carbonyl (C=O) groups excluding carboxylic acids is 1. The summed E-state index contributed by atoms with van der Waals surface area (Å²) in [6, 6.07) is 17.2. The van der Waals surface area contributed by atoms with Crippen molar-refractivity contribution in [1.82, 2.24) is 4.90 Å². The van der Waals surface area contributed by atoms with Gasteiger partial charge in [-0.25, -0.2) is 0 Å². The smallest absolute Gasteiger partial charge is 0.241 e. The van der Waals surface area contributed by atoms with E-state index in [9.17, 15) is 4.79 Å². The van der Waals surface area contributed by atoms with Gasteiger partial charge in [-0.2, -0.15) is 5.26 Å². The minimum atomic E-state index is -0.0585. The number of nitriles is 1. The average molecular weight is 381 g/mol. The second-order valence-electron chi connectivity index (χ2n) is 6.36. The third-order valence-corrected chi connectivity index (χ3v) is 4.25. The molecular weight excluding hydrogens is 354 g/mol. The Morgan fingerprint density at radius 2 is 1.86 bits per heavy atom. The zero-order valence-corrected chi connectivity index (χ0v) is 16.7. The summed E-state index contributed by atoms with van der Waals surface area (Å²) in [6.07, 6.45) is 0.273. The summed E-state index contributed by atoms with van der Waals surface area (Å²) in [5.74, 6) is 1.50. The van der Waals surface area contributed by atoms with Gasteiger partial charge in [-0.3, -0.25) is 9.69 Å². The fourth-order valence-electron chi connectivity index (χ4n) is 2.95. The van der Waals surface area contributed by atoms with Crippen LogP contribution < -0.4 is 14.4 Å². The Morgan fingerprint density at radius 3 is 2.50 bits per heavy atom. The van der Waals surface area contributed by atoms with E-state index in [1.165, 1.54) is 0 Å². The summed E-state index contributed by atoms with van der Waals surface area (Å²) in [7, 11) is 3.53. The predicted molar refractivity (Wildman–Crippen MR) is 110 cm³/mol. The van der Waals surface area contributed by atoms with E-state index >= 15 is 0 Å². The van der Waals surface area contributed by atoms with Gasteiger partial charge in [0.25, 0.3) is 0 Å². The quantitative estimate of drug-likeness (QED) is 0.630. The molecule has 28 heavy (non-hydrogen) atoms. The van der Waals surface area contributed by atoms with Crippen LogP contribution in [0.15, 0.2) is 48.5 Å². The third kappa shape index (κ3) is 6.00. The molecule has 0 heterocycles. The van der Waals surface area contributed by atoms with E-state index in [-0.39, 0.29) is 18.9 Å². The van der Waals surface area contributed by atoms with Gasteiger partial charge in [-0.05, 0) is 44.3 Å². The van der Waals surface area contributed by atoms with Crippen molar-refractivity contribution in [3.8, 4) is 17.6 Å². The Balaban J connectivity index is 2.08. The lowest BCUT2D eigenvalue weighted by atomic mass is 10.2. The molecule has 6 nitrogen and oxygen atoms in total. The summed E-state index contributed by atoms with van der Waals surface area (Å²) in [5.41, 5.74) is 1.78. The number of ether oxygens (including phenoxy) is 2. The van der Waals surface area contributed by atoms with Crippen molar-refractivity contribution >= 4 is 11.6 Å². The number of benzene rings is 2. The molecule has 0 spiro atoms. The van der Waals surface area contributed by atoms with Crippen LogP contribution in [0.2, 0.25) is 0 Å². The second-order valence-corrected chi connectivity index (χ2v) is 6.36. The van der Waals surface area contributed by atoms with Crippen molar-refractivity contribution in [2.75, 3.05) is 38.8 Å². The molecule has 0 saturated heterocycles. The third-order valence-electron chi connectivity index (χ3n) is 4.25. The first-order valence-corrected chi connectivity index (χ1v) is 9.29. The van der Waals surface area contributed by atoms with Crippen molar-refractivity contribution in [3.05, 3.63) is 54.1 Å². The fourth-order valence-corrected chi connectivity index (χ4v) is 2.95. The Morgan fingerprint density at radius 1 is 1.14 bits per heavy atom. The van der Waals surface area contributed by atoms with E-state index in [4.69, 9.17) is 14.7 Å². The zero-order valence-electron chi connectivity index (χ0n) is 16.7. The maximum absolute atomic E-state index is 12.9. The number of rotatable bonds is 10. The fraction of sp³-hybridized carbons (Fsp3) is 0.364. The van der Waals surface area contributed by atoms with Gasteiger partial charge in [-0.15, -0.1) is 0 Å². The number of amides is 1. The van der Waals surface area contributed by atoms with E-state index in [1.54, 1.807) is 12.0 Å². The number of likely N-dealkylation sites (N-methyl/N-ethyl adjacent to an activating group) is 1. The molecule has 0 saturated carbocycles. The highest BCUT2D eigenvalue weighted by atomic mass is 16.5. The van der Waals surface area contributed by atoms with Crippen LogP contribution in [0, 0.1) is 11.3 Å². The molecular formula is C22H27N3O3. The number of nitrogens with zero attached hydrogens (tertiary/aromatic N) is 3. The molecule has 0 aliphatic rings. The lowest BCUT2D eigenvalue weighted by Gasteiger charge is -2.25. The number of hydrogen-bond acceptors (Lipinski definition) is 5. The molecule has 0 bridgehead atoms. The number of para-hydroxylation sites is 1. The van der Waals surface area contributed by atoms with Crippen molar-refractivity contribution in [2.45, 2.75) is 19.9 Å². The normalized spacial score (nSPS) is 10.4. The molecule has 0 aromatic heterocycles. The molecule has 0 aliphatic heterocycles. The summed E-state index contributed by atoms with van der Waals surface area (Å²) < 4.78 is 10.8. The Labute approximate surface area is 166 Å². The number of anilines is 1. The van der Waals surface area contributed by atoms with Gasteiger partial charge in [0, 0.05) is 24.3 Å². The molecule has 0 atom stereocenters. The highest BCUT2D eigenvalue weighted by molar-refractivity contribution is 5.94. The number of carbonyl (C=O) groups is 1. The van der Waals surface area contributed by atoms with Crippen LogP contribution >= 0.6 is 0 Å². The first-order chi connectivity index (χ1) is 13.6. The number of methoxy groups -OCH3 is 1. The van der Waals surface area contributed by atoms with Gasteiger partial charge in [0.1, 0.15) is 11.5 Å². The molecule has 6 heteroatoms. The molecule has 148 valence electrons. The first-order valence-electron chi connectivity index (χ1n) is 9.29. The highest BCUT2D eigenvalue weighted by Crippen LogP contribution is 2.21. The van der Waals surface area contributed by atoms with E-state index in [0.29, 0.717) is 19.7 Å². The van der Waals surface area contributed by atoms with Gasteiger partial charge in [0.15, 0.2) is 0 Å². The summed E-state index contributed by atoms with van der Waals surface area (Å²) in [6.45, 7) is 3.69. The average Bonchev–Trinajstić information content (AvgIpc) is 2.70. The zero-order chi connectivity index (χ0) is 20.4.